The van der Waals surface area contributed by atoms with Crippen LogP contribution >= 0.6 is 11.8 Å². The molecule has 0 radical (unpaired) electrons. The fraction of sp³-hybridized carbons (Fsp3) is 0.250. The van der Waals surface area contributed by atoms with Gasteiger partial charge in [-0.15, -0.1) is 11.8 Å². The number of sulfonamides is 1. The molecule has 0 saturated heterocycles. The van der Waals surface area contributed by atoms with Crippen LogP contribution in [0.2, 0.25) is 0 Å². The summed E-state index contributed by atoms with van der Waals surface area (Å²) in [5.41, 5.74) is 1.98. The Kier molecular flexibility index (Phi) is 5.08. The van der Waals surface area contributed by atoms with Crippen LogP contribution in [0.1, 0.15) is 24.1 Å². The third-order valence-corrected chi connectivity index (χ3v) is 5.58. The topological polar surface area (TPSA) is 46.2 Å². The molecule has 3 nitrogen and oxygen atoms in total. The molecule has 5 heteroatoms. The molecule has 2 aromatic rings. The first-order valence-corrected chi connectivity index (χ1v) is 9.36. The highest BCUT2D eigenvalue weighted by Gasteiger charge is 2.18. The minimum atomic E-state index is -3.50. The molecule has 1 atom stereocenters. The first-order valence-electron chi connectivity index (χ1n) is 6.65. The molecule has 2 aromatic carbocycles. The molecule has 0 aliphatic rings. The lowest BCUT2D eigenvalue weighted by molar-refractivity contribution is 0.567. The van der Waals surface area contributed by atoms with Crippen LogP contribution in [0.4, 0.5) is 0 Å². The minimum Gasteiger partial charge on any atom is -0.207 e. The van der Waals surface area contributed by atoms with Crippen molar-refractivity contribution in [3.05, 3.63) is 59.7 Å². The zero-order valence-electron chi connectivity index (χ0n) is 12.3. The summed E-state index contributed by atoms with van der Waals surface area (Å²) in [5.74, 6) is 0. The van der Waals surface area contributed by atoms with Crippen molar-refractivity contribution in [2.45, 2.75) is 29.7 Å². The van der Waals surface area contributed by atoms with E-state index in [0.717, 1.165) is 16.0 Å². The molecule has 2 rings (SSSR count). The Morgan fingerprint density at radius 2 is 1.57 bits per heavy atom. The summed E-state index contributed by atoms with van der Waals surface area (Å²) in [6, 6.07) is 14.5. The highest BCUT2D eigenvalue weighted by atomic mass is 32.2. The maximum Gasteiger partial charge on any atom is 0.241 e. The van der Waals surface area contributed by atoms with Crippen molar-refractivity contribution < 1.29 is 8.42 Å². The number of hydrogen-bond donors (Lipinski definition) is 1. The van der Waals surface area contributed by atoms with Crippen molar-refractivity contribution in [2.24, 2.45) is 0 Å². The van der Waals surface area contributed by atoms with Crippen LogP contribution in [-0.4, -0.2) is 14.7 Å². The lowest BCUT2D eigenvalue weighted by Gasteiger charge is -2.15. The van der Waals surface area contributed by atoms with Crippen molar-refractivity contribution in [1.82, 2.24) is 4.72 Å². The molecule has 0 heterocycles. The van der Waals surface area contributed by atoms with Crippen molar-refractivity contribution in [2.75, 3.05) is 6.26 Å². The van der Waals surface area contributed by atoms with Gasteiger partial charge in [0.2, 0.25) is 10.0 Å². The largest absolute Gasteiger partial charge is 0.241 e. The predicted octanol–water partition coefficient (Wildman–Crippen LogP) is 3.76. The summed E-state index contributed by atoms with van der Waals surface area (Å²) >= 11 is 1.66. The van der Waals surface area contributed by atoms with Crippen LogP contribution < -0.4 is 4.72 Å². The number of nitrogens with one attached hydrogen (secondary N) is 1. The molecule has 0 fully saturated rings. The SMILES string of the molecule is CSc1ccc([C@H](C)NS(=O)(=O)c2ccc(C)cc2)cc1. The van der Waals surface area contributed by atoms with E-state index in [1.54, 1.807) is 36.0 Å². The molecule has 112 valence electrons. The van der Waals surface area contributed by atoms with E-state index in [1.165, 1.54) is 0 Å². The lowest BCUT2D eigenvalue weighted by Crippen LogP contribution is -2.26. The van der Waals surface area contributed by atoms with Crippen molar-refractivity contribution in [3.63, 3.8) is 0 Å². The number of benzene rings is 2. The van der Waals surface area contributed by atoms with Gasteiger partial charge in [0.05, 0.1) is 4.90 Å². The Bertz CT molecular complexity index is 692. The average molecular weight is 321 g/mol. The second-order valence-electron chi connectivity index (χ2n) is 4.93. The van der Waals surface area contributed by atoms with Crippen LogP contribution in [0.3, 0.4) is 0 Å². The third-order valence-electron chi connectivity index (χ3n) is 3.28. The van der Waals surface area contributed by atoms with Gasteiger partial charge in [-0.05, 0) is 49.9 Å². The van der Waals surface area contributed by atoms with Crippen molar-refractivity contribution in [1.29, 1.82) is 0 Å². The van der Waals surface area contributed by atoms with Gasteiger partial charge < -0.3 is 0 Å². The van der Waals surface area contributed by atoms with Crippen LogP contribution in [0.15, 0.2) is 58.3 Å². The van der Waals surface area contributed by atoms with Crippen LogP contribution in [0.25, 0.3) is 0 Å². The maximum absolute atomic E-state index is 12.3. The monoisotopic (exact) mass is 321 g/mol. The fourth-order valence-corrected chi connectivity index (χ4v) is 3.62. The Hall–Kier alpha value is -1.30. The summed E-state index contributed by atoms with van der Waals surface area (Å²) in [7, 11) is -3.50. The first-order chi connectivity index (χ1) is 9.92. The van der Waals surface area contributed by atoms with E-state index in [9.17, 15) is 8.42 Å². The fourth-order valence-electron chi connectivity index (χ4n) is 1.98. The van der Waals surface area contributed by atoms with Crippen LogP contribution in [0.5, 0.6) is 0 Å². The second-order valence-corrected chi connectivity index (χ2v) is 7.52. The maximum atomic E-state index is 12.3. The van der Waals surface area contributed by atoms with Crippen molar-refractivity contribution >= 4 is 21.8 Å². The molecule has 0 saturated carbocycles. The minimum absolute atomic E-state index is 0.271. The van der Waals surface area contributed by atoms with Gasteiger partial charge in [0, 0.05) is 10.9 Å². The molecule has 21 heavy (non-hydrogen) atoms. The molecule has 0 spiro atoms. The number of aryl methyl sites for hydroxylation is 1. The van der Waals surface area contributed by atoms with E-state index in [4.69, 9.17) is 0 Å². The molecule has 1 N–H and O–H groups in total. The molecular weight excluding hydrogens is 302 g/mol. The van der Waals surface area contributed by atoms with Gasteiger partial charge in [0.1, 0.15) is 0 Å². The summed E-state index contributed by atoms with van der Waals surface area (Å²) in [4.78, 5) is 1.45. The molecule has 0 aliphatic carbocycles. The van der Waals surface area contributed by atoms with E-state index >= 15 is 0 Å². The first kappa shape index (κ1) is 16.1. The van der Waals surface area contributed by atoms with Crippen molar-refractivity contribution in [3.8, 4) is 0 Å². The van der Waals surface area contributed by atoms with Gasteiger partial charge in [-0.1, -0.05) is 29.8 Å². The van der Waals surface area contributed by atoms with Gasteiger partial charge in [-0.3, -0.25) is 0 Å². The van der Waals surface area contributed by atoms with E-state index < -0.39 is 10.0 Å². The highest BCUT2D eigenvalue weighted by molar-refractivity contribution is 7.98. The van der Waals surface area contributed by atoms with Crippen LogP contribution in [0, 0.1) is 6.92 Å². The van der Waals surface area contributed by atoms with Gasteiger partial charge in [0.15, 0.2) is 0 Å². The predicted molar refractivity (Wildman–Crippen MR) is 88.1 cm³/mol. The molecule has 0 unspecified atom stereocenters. The second kappa shape index (κ2) is 6.64. The summed E-state index contributed by atoms with van der Waals surface area (Å²) in [5, 5.41) is 0. The van der Waals surface area contributed by atoms with E-state index in [-0.39, 0.29) is 6.04 Å². The van der Waals surface area contributed by atoms with Crippen LogP contribution in [-0.2, 0) is 10.0 Å². The normalized spacial score (nSPS) is 13.1. The molecule has 0 aromatic heterocycles. The molecule has 0 bridgehead atoms. The third kappa shape index (κ3) is 4.09. The summed E-state index contributed by atoms with van der Waals surface area (Å²) in [6.45, 7) is 3.78. The Morgan fingerprint density at radius 1 is 1.00 bits per heavy atom. The highest BCUT2D eigenvalue weighted by Crippen LogP contribution is 2.21. The average Bonchev–Trinajstić information content (AvgIpc) is 2.47. The zero-order chi connectivity index (χ0) is 15.5. The standard InChI is InChI=1S/C16H19NO2S2/c1-12-4-10-16(11-5-12)21(18,19)17-13(2)14-6-8-15(20-3)9-7-14/h4-11,13,17H,1-3H3/t13-/m0/s1. The zero-order valence-corrected chi connectivity index (χ0v) is 14.0. The molecule has 0 aliphatic heterocycles. The van der Waals surface area contributed by atoms with E-state index in [1.807, 2.05) is 44.4 Å². The molecule has 0 amide bonds. The summed E-state index contributed by atoms with van der Waals surface area (Å²) < 4.78 is 27.4. The van der Waals surface area contributed by atoms with Gasteiger partial charge >= 0.3 is 0 Å². The Balaban J connectivity index is 2.17. The quantitative estimate of drug-likeness (QED) is 0.853. The van der Waals surface area contributed by atoms with Gasteiger partial charge in [-0.25, -0.2) is 13.1 Å². The number of thioether (sulfide) groups is 1. The van der Waals surface area contributed by atoms with Gasteiger partial charge in [0.25, 0.3) is 0 Å². The lowest BCUT2D eigenvalue weighted by atomic mass is 10.1. The smallest absolute Gasteiger partial charge is 0.207 e. The van der Waals surface area contributed by atoms with Gasteiger partial charge in [-0.2, -0.15) is 0 Å². The Morgan fingerprint density at radius 3 is 2.10 bits per heavy atom. The number of rotatable bonds is 5. The Labute approximate surface area is 130 Å². The van der Waals surface area contributed by atoms with E-state index in [0.29, 0.717) is 4.90 Å². The number of hydrogen-bond acceptors (Lipinski definition) is 3. The van der Waals surface area contributed by atoms with E-state index in [2.05, 4.69) is 4.72 Å². The summed E-state index contributed by atoms with van der Waals surface area (Å²) in [6.07, 6.45) is 2.01. The molecular formula is C16H19NO2S2.